The van der Waals surface area contributed by atoms with E-state index in [2.05, 4.69) is 47.5 Å². The molecule has 0 fully saturated rings. The van der Waals surface area contributed by atoms with E-state index in [-0.39, 0.29) is 12.7 Å². The molecule has 8 nitrogen and oxygen atoms in total. The fraction of sp³-hybridized carbons (Fsp3) is 0.0833. The van der Waals surface area contributed by atoms with Crippen molar-refractivity contribution in [3.8, 4) is 11.4 Å². The van der Waals surface area contributed by atoms with Gasteiger partial charge in [-0.2, -0.15) is 0 Å². The van der Waals surface area contributed by atoms with Gasteiger partial charge in [0.1, 0.15) is 5.75 Å². The van der Waals surface area contributed by atoms with Crippen molar-refractivity contribution in [3.05, 3.63) is 86.0 Å². The van der Waals surface area contributed by atoms with Crippen molar-refractivity contribution in [2.45, 2.75) is 5.16 Å². The van der Waals surface area contributed by atoms with Crippen molar-refractivity contribution < 1.29 is 15.8 Å². The van der Waals surface area contributed by atoms with Crippen molar-refractivity contribution in [1.29, 1.82) is 0 Å². The summed E-state index contributed by atoms with van der Waals surface area (Å²) < 4.78 is 8.00. The number of ether oxygens (including phenoxy) is 1. The number of imide groups is 1. The molecule has 0 aliphatic carbocycles. The Balaban J connectivity index is 0.00000361. The standard InChI is InChI=1S/C24H18Br2N4O4S.H2/c1-34-17-9-7-16(8-10-17)30-22(32)18-11-14(25)12-19(26)21(18)29-24(30)35-13-20(31)28-23(33)27-15-5-3-2-4-6-15;/h2-12H,13H2,1H3,(H2,27,28,31,33);1H. The summed E-state index contributed by atoms with van der Waals surface area (Å²) in [4.78, 5) is 42.8. The van der Waals surface area contributed by atoms with Gasteiger partial charge in [0, 0.05) is 16.1 Å². The first-order chi connectivity index (χ1) is 16.9. The molecule has 0 radical (unpaired) electrons. The summed E-state index contributed by atoms with van der Waals surface area (Å²) in [5.41, 5.74) is 1.29. The molecule has 0 aliphatic rings. The Hall–Kier alpha value is -3.15. The molecule has 3 amide bonds. The number of hydrogen-bond donors (Lipinski definition) is 2. The number of para-hydroxylation sites is 1. The predicted octanol–water partition coefficient (Wildman–Crippen LogP) is 5.61. The van der Waals surface area contributed by atoms with E-state index < -0.39 is 11.9 Å². The zero-order valence-electron chi connectivity index (χ0n) is 18.2. The van der Waals surface area contributed by atoms with Crippen molar-refractivity contribution in [1.82, 2.24) is 14.9 Å². The van der Waals surface area contributed by atoms with E-state index in [0.29, 0.717) is 37.7 Å². The second-order valence-electron chi connectivity index (χ2n) is 7.17. The lowest BCUT2D eigenvalue weighted by Crippen LogP contribution is -2.35. The number of nitrogens with one attached hydrogen (secondary N) is 2. The number of methoxy groups -OCH3 is 1. The van der Waals surface area contributed by atoms with Crippen LogP contribution in [0.5, 0.6) is 5.75 Å². The predicted molar refractivity (Wildman–Crippen MR) is 146 cm³/mol. The lowest BCUT2D eigenvalue weighted by Gasteiger charge is -2.14. The van der Waals surface area contributed by atoms with E-state index in [4.69, 9.17) is 4.74 Å². The van der Waals surface area contributed by atoms with Crippen molar-refractivity contribution in [2.24, 2.45) is 0 Å². The van der Waals surface area contributed by atoms with Crippen LogP contribution in [0.2, 0.25) is 0 Å². The smallest absolute Gasteiger partial charge is 0.325 e. The number of carbonyl (C=O) groups excluding carboxylic acids is 2. The number of nitrogens with zero attached hydrogens (tertiary/aromatic N) is 2. The molecule has 180 valence electrons. The molecule has 1 aromatic heterocycles. The molecule has 0 aliphatic heterocycles. The van der Waals surface area contributed by atoms with Crippen molar-refractivity contribution >= 4 is 72.2 Å². The monoisotopic (exact) mass is 618 g/mol. The normalized spacial score (nSPS) is 10.7. The number of amides is 3. The van der Waals surface area contributed by atoms with Crippen molar-refractivity contribution in [2.75, 3.05) is 18.2 Å². The fourth-order valence-corrected chi connectivity index (χ4v) is 5.35. The molecular formula is C24H20Br2N4O4S. The van der Waals surface area contributed by atoms with Crippen LogP contribution in [0.3, 0.4) is 0 Å². The molecule has 1 heterocycles. The summed E-state index contributed by atoms with van der Waals surface area (Å²) in [6.45, 7) is 0. The second kappa shape index (κ2) is 11.1. The molecule has 0 bridgehead atoms. The van der Waals surface area contributed by atoms with Crippen LogP contribution in [0, 0.1) is 0 Å². The number of anilines is 1. The Morgan fingerprint density at radius 1 is 1.09 bits per heavy atom. The third kappa shape index (κ3) is 5.92. The van der Waals surface area contributed by atoms with Gasteiger partial charge in [-0.25, -0.2) is 9.78 Å². The van der Waals surface area contributed by atoms with Gasteiger partial charge in [0.05, 0.1) is 29.5 Å². The van der Waals surface area contributed by atoms with Gasteiger partial charge in [-0.3, -0.25) is 19.5 Å². The molecule has 0 unspecified atom stereocenters. The Morgan fingerprint density at radius 3 is 2.49 bits per heavy atom. The van der Waals surface area contributed by atoms with E-state index in [1.54, 1.807) is 67.8 Å². The molecular weight excluding hydrogens is 600 g/mol. The Kier molecular flexibility index (Phi) is 7.89. The number of benzene rings is 3. The Bertz CT molecular complexity index is 1470. The van der Waals surface area contributed by atoms with Gasteiger partial charge in [-0.15, -0.1) is 0 Å². The second-order valence-corrected chi connectivity index (χ2v) is 9.89. The zero-order chi connectivity index (χ0) is 24.9. The SMILES string of the molecule is COc1ccc(-n2c(SCC(=O)NC(=O)Nc3ccccc3)nc3c(Br)cc(Br)cc3c2=O)cc1.[HH]. The minimum absolute atomic E-state index is 0. The van der Waals surface area contributed by atoms with Gasteiger partial charge in [-0.05, 0) is 64.5 Å². The first-order valence-corrected chi connectivity index (χ1v) is 12.8. The highest BCUT2D eigenvalue weighted by molar-refractivity contribution is 9.11. The maximum atomic E-state index is 13.5. The molecule has 3 aromatic carbocycles. The molecule has 2 N–H and O–H groups in total. The first kappa shape index (κ1) is 25.0. The van der Waals surface area contributed by atoms with E-state index in [1.165, 1.54) is 4.57 Å². The van der Waals surface area contributed by atoms with Crippen LogP contribution >= 0.6 is 43.6 Å². The summed E-state index contributed by atoms with van der Waals surface area (Å²) in [5, 5.41) is 5.58. The summed E-state index contributed by atoms with van der Waals surface area (Å²) in [6.07, 6.45) is 0. The van der Waals surface area contributed by atoms with E-state index in [1.807, 2.05) is 6.07 Å². The van der Waals surface area contributed by atoms with Crippen LogP contribution in [0.15, 0.2) is 85.6 Å². The lowest BCUT2D eigenvalue weighted by molar-refractivity contribution is -0.117. The molecule has 35 heavy (non-hydrogen) atoms. The highest BCUT2D eigenvalue weighted by atomic mass is 79.9. The van der Waals surface area contributed by atoms with E-state index in [9.17, 15) is 14.4 Å². The van der Waals surface area contributed by atoms with Crippen LogP contribution in [0.1, 0.15) is 1.43 Å². The quantitative estimate of drug-likeness (QED) is 0.215. The number of carbonyl (C=O) groups is 2. The number of urea groups is 1. The number of rotatable bonds is 6. The Labute approximate surface area is 222 Å². The number of hydrogen-bond acceptors (Lipinski definition) is 6. The van der Waals surface area contributed by atoms with Crippen LogP contribution in [0.25, 0.3) is 16.6 Å². The van der Waals surface area contributed by atoms with Gasteiger partial charge in [0.25, 0.3) is 5.56 Å². The molecule has 0 saturated heterocycles. The Morgan fingerprint density at radius 2 is 1.80 bits per heavy atom. The van der Waals surface area contributed by atoms with Crippen LogP contribution in [-0.4, -0.2) is 34.4 Å². The lowest BCUT2D eigenvalue weighted by atomic mass is 10.2. The average Bonchev–Trinajstić information content (AvgIpc) is 2.84. The number of halogens is 2. The molecule has 0 atom stereocenters. The van der Waals surface area contributed by atoms with E-state index >= 15 is 0 Å². The average molecular weight is 620 g/mol. The third-order valence-corrected chi connectivity index (χ3v) is 6.81. The molecule has 4 aromatic rings. The van der Waals surface area contributed by atoms with Gasteiger partial charge in [-0.1, -0.05) is 45.9 Å². The van der Waals surface area contributed by atoms with Gasteiger partial charge >= 0.3 is 6.03 Å². The van der Waals surface area contributed by atoms with Crippen molar-refractivity contribution in [3.63, 3.8) is 0 Å². The third-order valence-electron chi connectivity index (χ3n) is 4.81. The number of aromatic nitrogens is 2. The summed E-state index contributed by atoms with van der Waals surface area (Å²) in [6, 6.07) is 18.6. The fourth-order valence-electron chi connectivity index (χ4n) is 3.23. The summed E-state index contributed by atoms with van der Waals surface area (Å²) in [7, 11) is 1.56. The van der Waals surface area contributed by atoms with Crippen LogP contribution in [-0.2, 0) is 4.79 Å². The molecule has 0 spiro atoms. The number of fused-ring (bicyclic) bond motifs is 1. The minimum Gasteiger partial charge on any atom is -0.497 e. The maximum Gasteiger partial charge on any atom is 0.325 e. The van der Waals surface area contributed by atoms with Gasteiger partial charge in [0.2, 0.25) is 5.91 Å². The van der Waals surface area contributed by atoms with Gasteiger partial charge in [0.15, 0.2) is 5.16 Å². The molecule has 0 saturated carbocycles. The maximum absolute atomic E-state index is 13.5. The highest BCUT2D eigenvalue weighted by Gasteiger charge is 2.18. The summed E-state index contributed by atoms with van der Waals surface area (Å²) in [5.74, 6) is -0.0299. The highest BCUT2D eigenvalue weighted by Crippen LogP contribution is 2.29. The topological polar surface area (TPSA) is 102 Å². The summed E-state index contributed by atoms with van der Waals surface area (Å²) >= 11 is 7.92. The zero-order valence-corrected chi connectivity index (χ0v) is 22.2. The minimum atomic E-state index is -0.645. The van der Waals surface area contributed by atoms with Gasteiger partial charge < -0.3 is 10.1 Å². The van der Waals surface area contributed by atoms with Crippen LogP contribution in [0.4, 0.5) is 10.5 Å². The van der Waals surface area contributed by atoms with Crippen LogP contribution < -0.4 is 20.9 Å². The van der Waals surface area contributed by atoms with E-state index in [0.717, 1.165) is 16.2 Å². The largest absolute Gasteiger partial charge is 0.497 e. The number of thioether (sulfide) groups is 1. The molecule has 11 heteroatoms. The molecule has 4 rings (SSSR count). The first-order valence-electron chi connectivity index (χ1n) is 10.2.